The second kappa shape index (κ2) is 5.41. The third-order valence-electron chi connectivity index (χ3n) is 2.33. The van der Waals surface area contributed by atoms with E-state index in [1.54, 1.807) is 0 Å². The molecule has 1 N–H and O–H groups in total. The van der Waals surface area contributed by atoms with Crippen LogP contribution in [0, 0.1) is 0 Å². The van der Waals surface area contributed by atoms with Crippen LogP contribution in [0.15, 0.2) is 4.34 Å². The number of hydrogen-bond acceptors (Lipinski definition) is 8. The van der Waals surface area contributed by atoms with Gasteiger partial charge in [0.05, 0.1) is 17.3 Å². The number of rotatable bonds is 4. The van der Waals surface area contributed by atoms with Gasteiger partial charge in [-0.3, -0.25) is 4.79 Å². The monoisotopic (exact) mass is 309 g/mol. The van der Waals surface area contributed by atoms with Crippen molar-refractivity contribution in [3.05, 3.63) is 0 Å². The molecule has 1 saturated heterocycles. The van der Waals surface area contributed by atoms with Crippen LogP contribution in [0.1, 0.15) is 0 Å². The summed E-state index contributed by atoms with van der Waals surface area (Å²) >= 11 is 2.40. The van der Waals surface area contributed by atoms with E-state index in [0.29, 0.717) is 22.6 Å². The van der Waals surface area contributed by atoms with E-state index >= 15 is 0 Å². The van der Waals surface area contributed by atoms with Gasteiger partial charge in [0, 0.05) is 13.1 Å². The Morgan fingerprint density at radius 3 is 2.67 bits per heavy atom. The zero-order valence-corrected chi connectivity index (χ0v) is 11.7. The fourth-order valence-electron chi connectivity index (χ4n) is 1.42. The molecule has 1 fully saturated rings. The van der Waals surface area contributed by atoms with E-state index in [1.165, 1.54) is 11.3 Å². The van der Waals surface area contributed by atoms with Crippen LogP contribution in [-0.4, -0.2) is 60.0 Å². The van der Waals surface area contributed by atoms with E-state index in [4.69, 9.17) is 5.11 Å². The standard InChI is InChI=1S/C8H11N3O4S3/c12-6(13)5-16-8-10-9-7(17-8)11-1-3-18(14,15)4-2-11/h1-5H2,(H,12,13). The van der Waals surface area contributed by atoms with E-state index in [1.807, 2.05) is 4.90 Å². The predicted molar refractivity (Wildman–Crippen MR) is 69.1 cm³/mol. The quantitative estimate of drug-likeness (QED) is 0.773. The van der Waals surface area contributed by atoms with Gasteiger partial charge in [-0.15, -0.1) is 10.2 Å². The maximum Gasteiger partial charge on any atom is 0.313 e. The van der Waals surface area contributed by atoms with Crippen LogP contribution in [-0.2, 0) is 14.6 Å². The van der Waals surface area contributed by atoms with Gasteiger partial charge in [-0.05, 0) is 0 Å². The van der Waals surface area contributed by atoms with Crippen molar-refractivity contribution in [1.29, 1.82) is 0 Å². The molecule has 0 saturated carbocycles. The Hall–Kier alpha value is -0.870. The van der Waals surface area contributed by atoms with Gasteiger partial charge in [-0.1, -0.05) is 23.1 Å². The van der Waals surface area contributed by atoms with Crippen molar-refractivity contribution < 1.29 is 18.3 Å². The summed E-state index contributed by atoms with van der Waals surface area (Å²) in [4.78, 5) is 12.3. The number of carboxylic acids is 1. The lowest BCUT2D eigenvalue weighted by atomic mass is 10.5. The summed E-state index contributed by atoms with van der Waals surface area (Å²) in [6.07, 6.45) is 0. The Labute approximate surface area is 112 Å². The minimum atomic E-state index is -2.91. The molecule has 0 amide bonds. The Balaban J connectivity index is 1.96. The van der Waals surface area contributed by atoms with Crippen LogP contribution in [0.4, 0.5) is 5.13 Å². The van der Waals surface area contributed by atoms with Crippen LogP contribution in [0.5, 0.6) is 0 Å². The summed E-state index contributed by atoms with van der Waals surface area (Å²) in [5.74, 6) is -0.696. The van der Waals surface area contributed by atoms with Gasteiger partial charge < -0.3 is 10.0 Å². The SMILES string of the molecule is O=C(O)CSc1nnc(N2CCS(=O)(=O)CC2)s1. The molecule has 1 aromatic rings. The third-order valence-corrected chi connectivity index (χ3v) is 6.04. The second-order valence-corrected chi connectivity index (χ2v) is 8.15. The first-order valence-corrected chi connectivity index (χ1v) is 8.72. The molecule has 2 heterocycles. The highest BCUT2D eigenvalue weighted by Crippen LogP contribution is 2.28. The number of carboxylic acid groups (broad SMARTS) is 1. The van der Waals surface area contributed by atoms with Crippen LogP contribution >= 0.6 is 23.1 Å². The maximum absolute atomic E-state index is 11.3. The van der Waals surface area contributed by atoms with Crippen LogP contribution in [0.25, 0.3) is 0 Å². The molecule has 100 valence electrons. The summed E-state index contributed by atoms with van der Waals surface area (Å²) < 4.78 is 23.1. The second-order valence-electron chi connectivity index (χ2n) is 3.67. The highest BCUT2D eigenvalue weighted by Gasteiger charge is 2.24. The van der Waals surface area contributed by atoms with Gasteiger partial charge in [0.15, 0.2) is 14.2 Å². The molecule has 1 aliphatic heterocycles. The third kappa shape index (κ3) is 3.56. The lowest BCUT2D eigenvalue weighted by Gasteiger charge is -2.25. The van der Waals surface area contributed by atoms with Crippen LogP contribution in [0.2, 0.25) is 0 Å². The van der Waals surface area contributed by atoms with Crippen LogP contribution < -0.4 is 4.90 Å². The van der Waals surface area contributed by atoms with Gasteiger partial charge in [0.2, 0.25) is 5.13 Å². The highest BCUT2D eigenvalue weighted by molar-refractivity contribution is 8.01. The molecule has 0 bridgehead atoms. The normalized spacial score (nSPS) is 18.8. The minimum Gasteiger partial charge on any atom is -0.481 e. The molecule has 7 nitrogen and oxygen atoms in total. The van der Waals surface area contributed by atoms with E-state index < -0.39 is 15.8 Å². The molecule has 2 rings (SSSR count). The van der Waals surface area contributed by atoms with E-state index in [9.17, 15) is 13.2 Å². The molecule has 0 spiro atoms. The molecular formula is C8H11N3O4S3. The maximum atomic E-state index is 11.3. The predicted octanol–water partition coefficient (Wildman–Crippen LogP) is -0.0504. The largest absolute Gasteiger partial charge is 0.481 e. The molecule has 0 unspecified atom stereocenters. The number of carbonyl (C=O) groups is 1. The first-order valence-electron chi connectivity index (χ1n) is 5.10. The summed E-state index contributed by atoms with van der Waals surface area (Å²) in [6.45, 7) is 0.834. The van der Waals surface area contributed by atoms with Crippen molar-refractivity contribution in [1.82, 2.24) is 10.2 Å². The first-order chi connectivity index (χ1) is 8.46. The summed E-state index contributed by atoms with van der Waals surface area (Å²) in [5.41, 5.74) is 0. The molecule has 0 aliphatic carbocycles. The van der Waals surface area contributed by atoms with E-state index in [0.717, 1.165) is 11.8 Å². The average molecular weight is 309 g/mol. The first kappa shape index (κ1) is 13.6. The van der Waals surface area contributed by atoms with Gasteiger partial charge in [-0.2, -0.15) is 0 Å². The molecule has 0 aromatic carbocycles. The Bertz CT molecular complexity index is 528. The lowest BCUT2D eigenvalue weighted by molar-refractivity contribution is -0.133. The number of aromatic nitrogens is 2. The molecule has 0 atom stereocenters. The zero-order valence-electron chi connectivity index (χ0n) is 9.27. The molecule has 18 heavy (non-hydrogen) atoms. The number of nitrogens with zero attached hydrogens (tertiary/aromatic N) is 3. The topological polar surface area (TPSA) is 100 Å². The van der Waals surface area contributed by atoms with E-state index in [-0.39, 0.29) is 17.3 Å². The van der Waals surface area contributed by atoms with Crippen molar-refractivity contribution in [3.63, 3.8) is 0 Å². The Morgan fingerprint density at radius 2 is 2.06 bits per heavy atom. The Kier molecular flexibility index (Phi) is 4.07. The summed E-state index contributed by atoms with van der Waals surface area (Å²) in [7, 11) is -2.91. The molecule has 0 radical (unpaired) electrons. The fraction of sp³-hybridized carbons (Fsp3) is 0.625. The van der Waals surface area contributed by atoms with Crippen molar-refractivity contribution in [2.45, 2.75) is 4.34 Å². The highest BCUT2D eigenvalue weighted by atomic mass is 32.2. The van der Waals surface area contributed by atoms with E-state index in [2.05, 4.69) is 10.2 Å². The van der Waals surface area contributed by atoms with Gasteiger partial charge in [-0.25, -0.2) is 8.42 Å². The fourth-order valence-corrected chi connectivity index (χ4v) is 4.23. The number of anilines is 1. The minimum absolute atomic E-state index is 0.0526. The van der Waals surface area contributed by atoms with Gasteiger partial charge in [0.25, 0.3) is 0 Å². The van der Waals surface area contributed by atoms with Crippen molar-refractivity contribution in [2.24, 2.45) is 0 Å². The number of aliphatic carboxylic acids is 1. The summed E-state index contributed by atoms with van der Waals surface area (Å²) in [5, 5.41) is 17.0. The molecule has 1 aromatic heterocycles. The zero-order chi connectivity index (χ0) is 13.2. The Morgan fingerprint density at radius 1 is 1.39 bits per heavy atom. The molecular weight excluding hydrogens is 298 g/mol. The van der Waals surface area contributed by atoms with Crippen molar-refractivity contribution in [3.8, 4) is 0 Å². The van der Waals surface area contributed by atoms with Gasteiger partial charge >= 0.3 is 5.97 Å². The van der Waals surface area contributed by atoms with Crippen molar-refractivity contribution in [2.75, 3.05) is 35.2 Å². The number of hydrogen-bond donors (Lipinski definition) is 1. The summed E-state index contributed by atoms with van der Waals surface area (Å²) in [6, 6.07) is 0. The van der Waals surface area contributed by atoms with Crippen molar-refractivity contribution >= 4 is 44.0 Å². The average Bonchev–Trinajstić information content (AvgIpc) is 2.75. The number of thioether (sulfide) groups is 1. The molecule has 1 aliphatic rings. The van der Waals surface area contributed by atoms with Gasteiger partial charge in [0.1, 0.15) is 0 Å². The molecule has 10 heteroatoms. The number of sulfone groups is 1. The van der Waals surface area contributed by atoms with Crippen LogP contribution in [0.3, 0.4) is 0 Å². The smallest absolute Gasteiger partial charge is 0.313 e. The lowest BCUT2D eigenvalue weighted by Crippen LogP contribution is -2.40.